The molecule has 4 rings (SSSR count). The Morgan fingerprint density at radius 2 is 1.38 bits per heavy atom. The van der Waals surface area contributed by atoms with E-state index in [-0.39, 0.29) is 0 Å². The van der Waals surface area contributed by atoms with Crippen molar-refractivity contribution < 1.29 is 0 Å². The Hall–Kier alpha value is -3.60. The first-order chi connectivity index (χ1) is 12.8. The highest BCUT2D eigenvalue weighted by atomic mass is 15.3. The first-order valence-electron chi connectivity index (χ1n) is 8.30. The molecule has 1 saturated heterocycles. The zero-order valence-corrected chi connectivity index (χ0v) is 14.0. The van der Waals surface area contributed by atoms with E-state index >= 15 is 0 Å². The zero-order valence-electron chi connectivity index (χ0n) is 14.0. The summed E-state index contributed by atoms with van der Waals surface area (Å²) in [5, 5.41) is 8.98. The molecule has 0 radical (unpaired) electrons. The van der Waals surface area contributed by atoms with E-state index in [4.69, 9.17) is 5.26 Å². The number of aromatic nitrogens is 5. The lowest BCUT2D eigenvalue weighted by Gasteiger charge is -2.34. The van der Waals surface area contributed by atoms with Crippen molar-refractivity contribution >= 4 is 11.9 Å². The van der Waals surface area contributed by atoms with Crippen LogP contribution < -0.4 is 9.80 Å². The molecule has 1 aliphatic heterocycles. The molecule has 0 aliphatic carbocycles. The summed E-state index contributed by atoms with van der Waals surface area (Å²) in [6.07, 6.45) is 6.91. The highest BCUT2D eigenvalue weighted by Gasteiger charge is 2.21. The fourth-order valence-electron chi connectivity index (χ4n) is 2.85. The second kappa shape index (κ2) is 7.11. The number of anilines is 2. The zero-order chi connectivity index (χ0) is 17.8. The number of hydrogen-bond donors (Lipinski definition) is 0. The quantitative estimate of drug-likeness (QED) is 0.706. The summed E-state index contributed by atoms with van der Waals surface area (Å²) in [5.74, 6) is 1.31. The van der Waals surface area contributed by atoms with Gasteiger partial charge >= 0.3 is 0 Å². The molecule has 0 saturated carbocycles. The average molecular weight is 344 g/mol. The maximum absolute atomic E-state index is 8.98. The summed E-state index contributed by atoms with van der Waals surface area (Å²) in [5.41, 5.74) is 2.28. The van der Waals surface area contributed by atoms with Gasteiger partial charge in [0.15, 0.2) is 0 Å². The minimum atomic E-state index is 0.380. The predicted octanol–water partition coefficient (Wildman–Crippen LogP) is 1.53. The van der Waals surface area contributed by atoms with Gasteiger partial charge in [0, 0.05) is 56.5 Å². The van der Waals surface area contributed by atoms with E-state index in [9.17, 15) is 0 Å². The normalized spacial score (nSPS) is 14.1. The second-order valence-electron chi connectivity index (χ2n) is 5.81. The molecular formula is C18H16N8. The van der Waals surface area contributed by atoms with Gasteiger partial charge in [0.1, 0.15) is 11.8 Å². The Morgan fingerprint density at radius 1 is 0.769 bits per heavy atom. The lowest BCUT2D eigenvalue weighted by atomic mass is 10.2. The van der Waals surface area contributed by atoms with Gasteiger partial charge < -0.3 is 9.80 Å². The predicted molar refractivity (Wildman–Crippen MR) is 96.4 cm³/mol. The van der Waals surface area contributed by atoms with Gasteiger partial charge in [0.2, 0.25) is 11.9 Å². The highest BCUT2D eigenvalue weighted by molar-refractivity contribution is 5.59. The fourth-order valence-corrected chi connectivity index (χ4v) is 2.85. The molecule has 8 nitrogen and oxygen atoms in total. The van der Waals surface area contributed by atoms with Crippen molar-refractivity contribution in [1.82, 2.24) is 24.9 Å². The first kappa shape index (κ1) is 15.9. The van der Waals surface area contributed by atoms with Crippen molar-refractivity contribution in [3.63, 3.8) is 0 Å². The van der Waals surface area contributed by atoms with Gasteiger partial charge in [0.25, 0.3) is 0 Å². The molecule has 0 aromatic carbocycles. The fraction of sp³-hybridized carbons (Fsp3) is 0.222. The van der Waals surface area contributed by atoms with Crippen LogP contribution in [0.4, 0.5) is 11.9 Å². The van der Waals surface area contributed by atoms with Gasteiger partial charge in [-0.05, 0) is 24.3 Å². The van der Waals surface area contributed by atoms with E-state index in [1.165, 1.54) is 0 Å². The minimum absolute atomic E-state index is 0.380. The molecule has 0 unspecified atom stereocenters. The number of rotatable bonds is 3. The molecule has 128 valence electrons. The number of pyridine rings is 1. The number of nitrogens with zero attached hydrogens (tertiary/aromatic N) is 8. The first-order valence-corrected chi connectivity index (χ1v) is 8.30. The lowest BCUT2D eigenvalue weighted by molar-refractivity contribution is 0.628. The van der Waals surface area contributed by atoms with Crippen molar-refractivity contribution in [2.75, 3.05) is 36.0 Å². The van der Waals surface area contributed by atoms with E-state index in [0.717, 1.165) is 37.4 Å². The molecule has 0 bridgehead atoms. The molecule has 3 aromatic heterocycles. The summed E-state index contributed by atoms with van der Waals surface area (Å²) in [4.78, 5) is 25.9. The molecule has 0 spiro atoms. The van der Waals surface area contributed by atoms with Gasteiger partial charge in [-0.25, -0.2) is 19.9 Å². The van der Waals surface area contributed by atoms with Crippen LogP contribution in [0, 0.1) is 11.3 Å². The summed E-state index contributed by atoms with van der Waals surface area (Å²) >= 11 is 0. The molecular weight excluding hydrogens is 328 g/mol. The van der Waals surface area contributed by atoms with Gasteiger partial charge in [0.05, 0.1) is 5.69 Å². The van der Waals surface area contributed by atoms with Gasteiger partial charge in [-0.15, -0.1) is 0 Å². The molecule has 4 heterocycles. The molecule has 8 heteroatoms. The third kappa shape index (κ3) is 3.28. The number of piperazine rings is 1. The highest BCUT2D eigenvalue weighted by Crippen LogP contribution is 2.19. The SMILES string of the molecule is N#Cc1ccnc(N2CCN(c3nccc(-c4ccncc4)n3)CC2)n1. The van der Waals surface area contributed by atoms with Crippen LogP contribution in [-0.4, -0.2) is 51.1 Å². The third-order valence-electron chi connectivity index (χ3n) is 4.22. The molecule has 3 aromatic rings. The largest absolute Gasteiger partial charge is 0.337 e. The Labute approximate surface area is 150 Å². The molecule has 0 amide bonds. The minimum Gasteiger partial charge on any atom is -0.337 e. The van der Waals surface area contributed by atoms with Crippen LogP contribution in [0.15, 0.2) is 49.1 Å². The van der Waals surface area contributed by atoms with E-state index < -0.39 is 0 Å². The summed E-state index contributed by atoms with van der Waals surface area (Å²) in [6, 6.07) is 9.43. The lowest BCUT2D eigenvalue weighted by Crippen LogP contribution is -2.47. The number of nitriles is 1. The topological polar surface area (TPSA) is 94.7 Å². The van der Waals surface area contributed by atoms with E-state index in [2.05, 4.69) is 40.8 Å². The summed E-state index contributed by atoms with van der Waals surface area (Å²) in [6.45, 7) is 3.02. The van der Waals surface area contributed by atoms with Crippen LogP contribution in [0.25, 0.3) is 11.3 Å². The second-order valence-corrected chi connectivity index (χ2v) is 5.81. The van der Waals surface area contributed by atoms with Crippen molar-refractivity contribution in [3.05, 3.63) is 54.7 Å². The van der Waals surface area contributed by atoms with E-state index in [1.54, 1.807) is 30.9 Å². The van der Waals surface area contributed by atoms with E-state index in [0.29, 0.717) is 17.6 Å². The van der Waals surface area contributed by atoms with Gasteiger partial charge in [-0.1, -0.05) is 0 Å². The smallest absolute Gasteiger partial charge is 0.226 e. The Kier molecular flexibility index (Phi) is 4.35. The maximum Gasteiger partial charge on any atom is 0.226 e. The van der Waals surface area contributed by atoms with Crippen molar-refractivity contribution in [1.29, 1.82) is 5.26 Å². The molecule has 26 heavy (non-hydrogen) atoms. The van der Waals surface area contributed by atoms with Crippen LogP contribution in [-0.2, 0) is 0 Å². The van der Waals surface area contributed by atoms with Crippen molar-refractivity contribution in [2.24, 2.45) is 0 Å². The van der Waals surface area contributed by atoms with Crippen molar-refractivity contribution in [2.45, 2.75) is 0 Å². The molecule has 1 aliphatic rings. The van der Waals surface area contributed by atoms with E-state index in [1.807, 2.05) is 18.2 Å². The third-order valence-corrected chi connectivity index (χ3v) is 4.22. The van der Waals surface area contributed by atoms with Gasteiger partial charge in [-0.2, -0.15) is 5.26 Å². The standard InChI is InChI=1S/C18H16N8/c19-13-15-3-7-21-17(23-15)25-9-11-26(12-10-25)18-22-8-4-16(24-18)14-1-5-20-6-2-14/h1-8H,9-12H2. The monoisotopic (exact) mass is 344 g/mol. The van der Waals surface area contributed by atoms with Crippen LogP contribution in [0.1, 0.15) is 5.69 Å². The number of hydrogen-bond acceptors (Lipinski definition) is 8. The Bertz CT molecular complexity index is 929. The molecule has 0 N–H and O–H groups in total. The van der Waals surface area contributed by atoms with Crippen LogP contribution in [0.2, 0.25) is 0 Å². The average Bonchev–Trinajstić information content (AvgIpc) is 2.75. The molecule has 0 atom stereocenters. The van der Waals surface area contributed by atoms with Gasteiger partial charge in [-0.3, -0.25) is 4.98 Å². The Morgan fingerprint density at radius 3 is 2.04 bits per heavy atom. The molecule has 1 fully saturated rings. The van der Waals surface area contributed by atoms with Crippen LogP contribution in [0.5, 0.6) is 0 Å². The van der Waals surface area contributed by atoms with Crippen LogP contribution >= 0.6 is 0 Å². The Balaban J connectivity index is 1.47. The van der Waals surface area contributed by atoms with Crippen LogP contribution in [0.3, 0.4) is 0 Å². The summed E-state index contributed by atoms with van der Waals surface area (Å²) < 4.78 is 0. The maximum atomic E-state index is 8.98. The summed E-state index contributed by atoms with van der Waals surface area (Å²) in [7, 11) is 0. The van der Waals surface area contributed by atoms with Crippen molar-refractivity contribution in [3.8, 4) is 17.3 Å².